The van der Waals surface area contributed by atoms with E-state index in [1.54, 1.807) is 12.3 Å². The van der Waals surface area contributed by atoms with Crippen LogP contribution < -0.4 is 15.5 Å². The van der Waals surface area contributed by atoms with Crippen molar-refractivity contribution in [3.8, 4) is 0 Å². The fourth-order valence-corrected chi connectivity index (χ4v) is 3.32. The predicted octanol–water partition coefficient (Wildman–Crippen LogP) is 4.34. The molecule has 0 aliphatic heterocycles. The first-order valence-corrected chi connectivity index (χ1v) is 9.43. The molecule has 5 nitrogen and oxygen atoms in total. The zero-order valence-corrected chi connectivity index (χ0v) is 15.7. The smallest absolute Gasteiger partial charge is 0.251 e. The van der Waals surface area contributed by atoms with Gasteiger partial charge in [0.05, 0.1) is 0 Å². The number of carbonyl (C=O) groups excluding carboxylic acids is 1. The van der Waals surface area contributed by atoms with Crippen molar-refractivity contribution in [2.24, 2.45) is 0 Å². The van der Waals surface area contributed by atoms with Gasteiger partial charge in [-0.1, -0.05) is 25.7 Å². The molecular formula is C21H28N4O. The van der Waals surface area contributed by atoms with Crippen molar-refractivity contribution in [3.63, 3.8) is 0 Å². The standard InChI is InChI=1S/C21H28N4O/c1-25(2)19-11-9-18(10-12-19)23-20-15-16(13-14-22-20)21(26)24-17-7-5-3-4-6-8-17/h9-15,17H,3-8H2,1-2H3,(H,22,23)(H,24,26). The minimum absolute atomic E-state index is 0.00898. The second-order valence-corrected chi connectivity index (χ2v) is 7.16. The molecule has 138 valence electrons. The summed E-state index contributed by atoms with van der Waals surface area (Å²) in [7, 11) is 4.03. The molecule has 2 aromatic rings. The number of rotatable bonds is 5. The maximum atomic E-state index is 12.6. The van der Waals surface area contributed by atoms with Crippen molar-refractivity contribution in [2.45, 2.75) is 44.6 Å². The SMILES string of the molecule is CN(C)c1ccc(Nc2cc(C(=O)NC3CCCCCC3)ccn2)cc1. The number of carbonyl (C=O) groups is 1. The summed E-state index contributed by atoms with van der Waals surface area (Å²) in [5.41, 5.74) is 2.74. The minimum Gasteiger partial charge on any atom is -0.378 e. The lowest BCUT2D eigenvalue weighted by Crippen LogP contribution is -2.34. The number of benzene rings is 1. The molecule has 1 fully saturated rings. The van der Waals surface area contributed by atoms with E-state index in [1.165, 1.54) is 25.7 Å². The Morgan fingerprint density at radius 2 is 1.73 bits per heavy atom. The maximum Gasteiger partial charge on any atom is 0.251 e. The summed E-state index contributed by atoms with van der Waals surface area (Å²) in [6.07, 6.45) is 8.82. The van der Waals surface area contributed by atoms with Crippen molar-refractivity contribution in [1.29, 1.82) is 0 Å². The van der Waals surface area contributed by atoms with Crippen LogP contribution in [0.4, 0.5) is 17.2 Å². The number of pyridine rings is 1. The Labute approximate surface area is 155 Å². The van der Waals surface area contributed by atoms with Gasteiger partial charge in [0.25, 0.3) is 5.91 Å². The van der Waals surface area contributed by atoms with E-state index in [2.05, 4.69) is 20.5 Å². The van der Waals surface area contributed by atoms with Gasteiger partial charge in [0.2, 0.25) is 0 Å². The van der Waals surface area contributed by atoms with Gasteiger partial charge in [-0.25, -0.2) is 4.98 Å². The minimum atomic E-state index is -0.00898. The fraction of sp³-hybridized carbons (Fsp3) is 0.429. The molecule has 0 bridgehead atoms. The van der Waals surface area contributed by atoms with Crippen LogP contribution in [0.2, 0.25) is 0 Å². The molecule has 1 aromatic heterocycles. The predicted molar refractivity (Wildman–Crippen MR) is 107 cm³/mol. The molecule has 1 amide bonds. The number of hydrogen-bond donors (Lipinski definition) is 2. The first kappa shape index (κ1) is 18.2. The number of hydrogen-bond acceptors (Lipinski definition) is 4. The van der Waals surface area contributed by atoms with Crippen molar-refractivity contribution < 1.29 is 4.79 Å². The Hall–Kier alpha value is -2.56. The zero-order chi connectivity index (χ0) is 18.4. The third-order valence-corrected chi connectivity index (χ3v) is 4.87. The third-order valence-electron chi connectivity index (χ3n) is 4.87. The number of amides is 1. The average Bonchev–Trinajstić information content (AvgIpc) is 2.91. The second-order valence-electron chi connectivity index (χ2n) is 7.16. The first-order chi connectivity index (χ1) is 12.6. The molecule has 1 aliphatic carbocycles. The zero-order valence-electron chi connectivity index (χ0n) is 15.7. The molecule has 0 atom stereocenters. The summed E-state index contributed by atoms with van der Waals surface area (Å²) < 4.78 is 0. The molecule has 2 N–H and O–H groups in total. The third kappa shape index (κ3) is 4.97. The highest BCUT2D eigenvalue weighted by Crippen LogP contribution is 2.20. The number of nitrogens with one attached hydrogen (secondary N) is 2. The Bertz CT molecular complexity index is 719. The van der Waals surface area contributed by atoms with Crippen molar-refractivity contribution >= 4 is 23.1 Å². The molecule has 5 heteroatoms. The quantitative estimate of drug-likeness (QED) is 0.786. The molecule has 0 radical (unpaired) electrons. The first-order valence-electron chi connectivity index (χ1n) is 9.43. The Morgan fingerprint density at radius 1 is 1.04 bits per heavy atom. The molecule has 1 aromatic carbocycles. The van der Waals surface area contributed by atoms with Gasteiger partial charge in [-0.2, -0.15) is 0 Å². The van der Waals surface area contributed by atoms with Crippen LogP contribution in [0, 0.1) is 0 Å². The average molecular weight is 352 g/mol. The molecule has 3 rings (SSSR count). The number of anilines is 3. The van der Waals surface area contributed by atoms with Gasteiger partial charge in [-0.15, -0.1) is 0 Å². The summed E-state index contributed by atoms with van der Waals surface area (Å²) >= 11 is 0. The van der Waals surface area contributed by atoms with Crippen LogP contribution in [0.3, 0.4) is 0 Å². The van der Waals surface area contributed by atoms with E-state index in [1.807, 2.05) is 44.4 Å². The summed E-state index contributed by atoms with van der Waals surface area (Å²) in [4.78, 5) is 19.0. The van der Waals surface area contributed by atoms with Gasteiger partial charge in [-0.05, 0) is 49.2 Å². The lowest BCUT2D eigenvalue weighted by atomic mass is 10.1. The molecule has 1 heterocycles. The lowest BCUT2D eigenvalue weighted by molar-refractivity contribution is 0.0933. The lowest BCUT2D eigenvalue weighted by Gasteiger charge is -2.16. The van der Waals surface area contributed by atoms with Crippen LogP contribution in [0.15, 0.2) is 42.6 Å². The fourth-order valence-electron chi connectivity index (χ4n) is 3.32. The van der Waals surface area contributed by atoms with Gasteiger partial charge in [0.1, 0.15) is 5.82 Å². The highest BCUT2D eigenvalue weighted by molar-refractivity contribution is 5.95. The molecule has 1 aliphatic rings. The van der Waals surface area contributed by atoms with E-state index in [-0.39, 0.29) is 5.91 Å². The van der Waals surface area contributed by atoms with Gasteiger partial charge in [0.15, 0.2) is 0 Å². The molecule has 26 heavy (non-hydrogen) atoms. The molecule has 0 spiro atoms. The molecular weight excluding hydrogens is 324 g/mol. The topological polar surface area (TPSA) is 57.3 Å². The summed E-state index contributed by atoms with van der Waals surface area (Å²) in [5.74, 6) is 0.668. The van der Waals surface area contributed by atoms with Crippen LogP contribution in [0.25, 0.3) is 0 Å². The second kappa shape index (κ2) is 8.70. The van der Waals surface area contributed by atoms with Crippen LogP contribution >= 0.6 is 0 Å². The van der Waals surface area contributed by atoms with Crippen molar-refractivity contribution in [1.82, 2.24) is 10.3 Å². The highest BCUT2D eigenvalue weighted by atomic mass is 16.1. The van der Waals surface area contributed by atoms with Crippen LogP contribution in [-0.2, 0) is 0 Å². The molecule has 0 saturated heterocycles. The van der Waals surface area contributed by atoms with Crippen LogP contribution in [0.5, 0.6) is 0 Å². The van der Waals surface area contributed by atoms with Gasteiger partial charge >= 0.3 is 0 Å². The molecule has 1 saturated carbocycles. The largest absolute Gasteiger partial charge is 0.378 e. The van der Waals surface area contributed by atoms with E-state index in [0.717, 1.165) is 24.2 Å². The van der Waals surface area contributed by atoms with E-state index in [0.29, 0.717) is 17.4 Å². The van der Waals surface area contributed by atoms with E-state index < -0.39 is 0 Å². The summed E-state index contributed by atoms with van der Waals surface area (Å²) in [6, 6.07) is 12.0. The van der Waals surface area contributed by atoms with Crippen LogP contribution in [0.1, 0.15) is 48.9 Å². The maximum absolute atomic E-state index is 12.6. The van der Waals surface area contributed by atoms with E-state index >= 15 is 0 Å². The van der Waals surface area contributed by atoms with E-state index in [4.69, 9.17) is 0 Å². The Balaban J connectivity index is 1.64. The van der Waals surface area contributed by atoms with Gasteiger partial charge in [0, 0.05) is 43.3 Å². The number of aromatic nitrogens is 1. The highest BCUT2D eigenvalue weighted by Gasteiger charge is 2.16. The van der Waals surface area contributed by atoms with Gasteiger partial charge in [-0.3, -0.25) is 4.79 Å². The normalized spacial score (nSPS) is 15.2. The number of nitrogens with zero attached hydrogens (tertiary/aromatic N) is 2. The van der Waals surface area contributed by atoms with Crippen molar-refractivity contribution in [3.05, 3.63) is 48.2 Å². The monoisotopic (exact) mass is 352 g/mol. The van der Waals surface area contributed by atoms with Crippen LogP contribution in [-0.4, -0.2) is 31.0 Å². The van der Waals surface area contributed by atoms with E-state index in [9.17, 15) is 4.79 Å². The summed E-state index contributed by atoms with van der Waals surface area (Å²) in [6.45, 7) is 0. The molecule has 0 unspecified atom stereocenters. The van der Waals surface area contributed by atoms with Gasteiger partial charge < -0.3 is 15.5 Å². The Morgan fingerprint density at radius 3 is 2.38 bits per heavy atom. The Kier molecular flexibility index (Phi) is 6.10. The summed E-state index contributed by atoms with van der Waals surface area (Å²) in [5, 5.41) is 6.46. The van der Waals surface area contributed by atoms with Crippen molar-refractivity contribution in [2.75, 3.05) is 24.3 Å².